The summed E-state index contributed by atoms with van der Waals surface area (Å²) in [7, 11) is 0. The monoisotopic (exact) mass is 379 g/mol. The molecular formula is C22H22FN3O2. The van der Waals surface area contributed by atoms with E-state index in [-0.39, 0.29) is 11.7 Å². The zero-order chi connectivity index (χ0) is 19.5. The number of aryl methyl sites for hydroxylation is 1. The van der Waals surface area contributed by atoms with Gasteiger partial charge >= 0.3 is 0 Å². The predicted octanol–water partition coefficient (Wildman–Crippen LogP) is 3.61. The highest BCUT2D eigenvalue weighted by molar-refractivity contribution is 5.97. The standard InChI is InChI=1S/C22H22FN3O2/c1-15-21(22(27)25-12-16-5-8-24-9-6-16)19-14-26(10-7-20(19)28-15)13-17-3-2-4-18(23)11-17/h2-6,8-9,11H,7,10,12-14H2,1H3,(H,25,27). The van der Waals surface area contributed by atoms with Gasteiger partial charge in [-0.15, -0.1) is 0 Å². The van der Waals surface area contributed by atoms with Gasteiger partial charge in [0.1, 0.15) is 17.3 Å². The second-order valence-electron chi connectivity index (χ2n) is 7.06. The second kappa shape index (κ2) is 7.94. The highest BCUT2D eigenvalue weighted by Gasteiger charge is 2.28. The molecule has 1 amide bonds. The molecule has 1 aliphatic rings. The number of nitrogens with zero attached hydrogens (tertiary/aromatic N) is 2. The number of pyridine rings is 1. The topological polar surface area (TPSA) is 58.4 Å². The van der Waals surface area contributed by atoms with Crippen LogP contribution in [0.4, 0.5) is 4.39 Å². The van der Waals surface area contributed by atoms with Gasteiger partial charge in [-0.2, -0.15) is 0 Å². The van der Waals surface area contributed by atoms with E-state index in [9.17, 15) is 9.18 Å². The Hall–Kier alpha value is -2.99. The van der Waals surface area contributed by atoms with Crippen molar-refractivity contribution < 1.29 is 13.6 Å². The molecule has 4 rings (SSSR count). The number of aromatic nitrogens is 1. The summed E-state index contributed by atoms with van der Waals surface area (Å²) in [5, 5.41) is 2.97. The summed E-state index contributed by atoms with van der Waals surface area (Å²) >= 11 is 0. The molecule has 0 fully saturated rings. The lowest BCUT2D eigenvalue weighted by atomic mass is 10.0. The minimum Gasteiger partial charge on any atom is -0.465 e. The fraction of sp³-hybridized carbons (Fsp3) is 0.273. The number of nitrogens with one attached hydrogen (secondary N) is 1. The number of halogens is 1. The van der Waals surface area contributed by atoms with Crippen molar-refractivity contribution in [2.24, 2.45) is 0 Å². The van der Waals surface area contributed by atoms with Crippen LogP contribution >= 0.6 is 0 Å². The molecule has 1 aliphatic heterocycles. The average molecular weight is 379 g/mol. The summed E-state index contributed by atoms with van der Waals surface area (Å²) in [6.45, 7) is 4.33. The van der Waals surface area contributed by atoms with Crippen LogP contribution in [0.1, 0.15) is 38.6 Å². The first-order chi connectivity index (χ1) is 13.6. The maximum absolute atomic E-state index is 13.5. The zero-order valence-corrected chi connectivity index (χ0v) is 15.7. The number of rotatable bonds is 5. The molecule has 3 heterocycles. The van der Waals surface area contributed by atoms with Crippen LogP contribution in [0.25, 0.3) is 0 Å². The van der Waals surface area contributed by atoms with Crippen molar-refractivity contribution in [2.45, 2.75) is 33.0 Å². The van der Waals surface area contributed by atoms with E-state index in [1.807, 2.05) is 25.1 Å². The van der Waals surface area contributed by atoms with Gasteiger partial charge in [-0.05, 0) is 42.3 Å². The molecule has 0 bridgehead atoms. The molecule has 6 heteroatoms. The summed E-state index contributed by atoms with van der Waals surface area (Å²) in [6, 6.07) is 10.4. The van der Waals surface area contributed by atoms with Gasteiger partial charge in [-0.25, -0.2) is 4.39 Å². The first-order valence-electron chi connectivity index (χ1n) is 9.35. The fourth-order valence-electron chi connectivity index (χ4n) is 3.68. The number of furan rings is 1. The van der Waals surface area contributed by atoms with E-state index < -0.39 is 0 Å². The molecule has 0 unspecified atom stereocenters. The zero-order valence-electron chi connectivity index (χ0n) is 15.7. The summed E-state index contributed by atoms with van der Waals surface area (Å²) in [5.74, 6) is 1.16. The predicted molar refractivity (Wildman–Crippen MR) is 103 cm³/mol. The van der Waals surface area contributed by atoms with Crippen LogP contribution in [0.5, 0.6) is 0 Å². The van der Waals surface area contributed by atoms with E-state index in [4.69, 9.17) is 4.42 Å². The largest absolute Gasteiger partial charge is 0.465 e. The third kappa shape index (κ3) is 3.97. The van der Waals surface area contributed by atoms with Crippen LogP contribution in [0, 0.1) is 12.7 Å². The van der Waals surface area contributed by atoms with Crippen molar-refractivity contribution in [1.29, 1.82) is 0 Å². The third-order valence-corrected chi connectivity index (χ3v) is 5.03. The van der Waals surface area contributed by atoms with E-state index in [2.05, 4.69) is 15.2 Å². The van der Waals surface area contributed by atoms with Gasteiger partial charge in [-0.3, -0.25) is 14.7 Å². The van der Waals surface area contributed by atoms with Crippen molar-refractivity contribution in [3.63, 3.8) is 0 Å². The quantitative estimate of drug-likeness (QED) is 0.736. The minimum atomic E-state index is -0.231. The van der Waals surface area contributed by atoms with Gasteiger partial charge in [0.15, 0.2) is 0 Å². The lowest BCUT2D eigenvalue weighted by Crippen LogP contribution is -2.31. The Morgan fingerprint density at radius 3 is 2.86 bits per heavy atom. The molecule has 0 atom stereocenters. The molecule has 5 nitrogen and oxygen atoms in total. The summed E-state index contributed by atoms with van der Waals surface area (Å²) in [6.07, 6.45) is 4.15. The molecular weight excluding hydrogens is 357 g/mol. The van der Waals surface area contributed by atoms with Crippen LogP contribution < -0.4 is 5.32 Å². The Morgan fingerprint density at radius 1 is 1.25 bits per heavy atom. The normalized spacial score (nSPS) is 13.9. The maximum Gasteiger partial charge on any atom is 0.255 e. The molecule has 0 aliphatic carbocycles. The Labute approximate surface area is 163 Å². The number of amides is 1. The first-order valence-corrected chi connectivity index (χ1v) is 9.35. The molecule has 3 aromatic rings. The maximum atomic E-state index is 13.5. The summed E-state index contributed by atoms with van der Waals surface area (Å²) in [5.41, 5.74) is 3.47. The van der Waals surface area contributed by atoms with Crippen molar-refractivity contribution in [3.8, 4) is 0 Å². The smallest absolute Gasteiger partial charge is 0.255 e. The number of benzene rings is 1. The van der Waals surface area contributed by atoms with E-state index in [0.29, 0.717) is 31.0 Å². The molecule has 1 N–H and O–H groups in total. The van der Waals surface area contributed by atoms with Gasteiger partial charge in [0.2, 0.25) is 0 Å². The number of carbonyl (C=O) groups excluding carboxylic acids is 1. The van der Waals surface area contributed by atoms with Crippen molar-refractivity contribution in [2.75, 3.05) is 6.54 Å². The molecule has 0 saturated carbocycles. The molecule has 28 heavy (non-hydrogen) atoms. The fourth-order valence-corrected chi connectivity index (χ4v) is 3.68. The summed E-state index contributed by atoms with van der Waals surface area (Å²) in [4.78, 5) is 19.0. The average Bonchev–Trinajstić information content (AvgIpc) is 3.02. The highest BCUT2D eigenvalue weighted by Crippen LogP contribution is 2.29. The van der Waals surface area contributed by atoms with Gasteiger partial charge in [0, 0.05) is 50.6 Å². The molecule has 144 valence electrons. The van der Waals surface area contributed by atoms with E-state index in [1.165, 1.54) is 6.07 Å². The number of carbonyl (C=O) groups is 1. The molecule has 1 aromatic carbocycles. The molecule has 0 spiro atoms. The molecule has 0 radical (unpaired) electrons. The Kier molecular flexibility index (Phi) is 5.21. The van der Waals surface area contributed by atoms with Gasteiger partial charge in [0.05, 0.1) is 5.56 Å². The van der Waals surface area contributed by atoms with E-state index >= 15 is 0 Å². The number of hydrogen-bond donors (Lipinski definition) is 1. The van der Waals surface area contributed by atoms with Crippen LogP contribution in [0.15, 0.2) is 53.2 Å². The number of fused-ring (bicyclic) bond motifs is 1. The number of hydrogen-bond acceptors (Lipinski definition) is 4. The highest BCUT2D eigenvalue weighted by atomic mass is 19.1. The second-order valence-corrected chi connectivity index (χ2v) is 7.06. The van der Waals surface area contributed by atoms with Gasteiger partial charge < -0.3 is 9.73 Å². The molecule has 2 aromatic heterocycles. The lowest BCUT2D eigenvalue weighted by molar-refractivity contribution is 0.0947. The minimum absolute atomic E-state index is 0.132. The Morgan fingerprint density at radius 2 is 2.07 bits per heavy atom. The Bertz CT molecular complexity index is 985. The van der Waals surface area contributed by atoms with Crippen LogP contribution in [-0.4, -0.2) is 22.3 Å². The van der Waals surface area contributed by atoms with Crippen LogP contribution in [0.3, 0.4) is 0 Å². The van der Waals surface area contributed by atoms with Crippen LogP contribution in [0.2, 0.25) is 0 Å². The van der Waals surface area contributed by atoms with E-state index in [1.54, 1.807) is 24.5 Å². The molecule has 0 saturated heterocycles. The van der Waals surface area contributed by atoms with Gasteiger partial charge in [0.25, 0.3) is 5.91 Å². The van der Waals surface area contributed by atoms with Crippen molar-refractivity contribution in [3.05, 3.63) is 88.4 Å². The van der Waals surface area contributed by atoms with Crippen molar-refractivity contribution in [1.82, 2.24) is 15.2 Å². The van der Waals surface area contributed by atoms with Crippen molar-refractivity contribution >= 4 is 5.91 Å². The summed E-state index contributed by atoms with van der Waals surface area (Å²) < 4.78 is 19.3. The van der Waals surface area contributed by atoms with Crippen LogP contribution in [-0.2, 0) is 26.1 Å². The van der Waals surface area contributed by atoms with Gasteiger partial charge in [-0.1, -0.05) is 12.1 Å². The first kappa shape index (κ1) is 18.4. The van der Waals surface area contributed by atoms with E-state index in [0.717, 1.165) is 35.4 Å². The lowest BCUT2D eigenvalue weighted by Gasteiger charge is -2.26. The third-order valence-electron chi connectivity index (χ3n) is 5.03. The SMILES string of the molecule is Cc1oc2c(c1C(=O)NCc1ccncc1)CN(Cc1cccc(F)c1)CC2. The Balaban J connectivity index is 1.48.